The van der Waals surface area contributed by atoms with Gasteiger partial charge in [0.05, 0.1) is 30.4 Å². The average molecular weight is 494 g/mol. The zero-order chi connectivity index (χ0) is 24.1. The molecule has 2 heterocycles. The summed E-state index contributed by atoms with van der Waals surface area (Å²) in [6, 6.07) is 15.9. The van der Waals surface area contributed by atoms with Gasteiger partial charge in [-0.15, -0.1) is 0 Å². The van der Waals surface area contributed by atoms with Gasteiger partial charge in [0.2, 0.25) is 0 Å². The van der Waals surface area contributed by atoms with Gasteiger partial charge in [-0.3, -0.25) is 9.69 Å². The molecule has 0 atom stereocenters. The molecule has 2 aromatic carbocycles. The number of nitrogens with zero attached hydrogens (tertiary/aromatic N) is 3. The summed E-state index contributed by atoms with van der Waals surface area (Å²) in [5.74, 6) is 0.733. The van der Waals surface area contributed by atoms with E-state index in [1.54, 1.807) is 12.0 Å². The fourth-order valence-corrected chi connectivity index (χ4v) is 4.94. The summed E-state index contributed by atoms with van der Waals surface area (Å²) in [5.41, 5.74) is 4.62. The van der Waals surface area contributed by atoms with Crippen LogP contribution in [0.15, 0.2) is 59.6 Å². The first-order valence-corrected chi connectivity index (χ1v) is 12.4. The molecule has 4 rings (SSSR count). The highest BCUT2D eigenvalue weighted by Crippen LogP contribution is 2.36. The third-order valence-corrected chi connectivity index (χ3v) is 6.75. The number of thiocarbonyl (C=S) groups is 1. The van der Waals surface area contributed by atoms with E-state index in [4.69, 9.17) is 26.8 Å². The van der Waals surface area contributed by atoms with Crippen LogP contribution in [0.2, 0.25) is 0 Å². The third-order valence-electron chi connectivity index (χ3n) is 5.37. The number of benzene rings is 2. The van der Waals surface area contributed by atoms with Crippen molar-refractivity contribution in [3.63, 3.8) is 0 Å². The molecule has 0 saturated carbocycles. The molecule has 1 amide bonds. The first-order chi connectivity index (χ1) is 16.5. The number of amides is 1. The number of carbonyl (C=O) groups excluding carboxylic acids is 1. The standard InChI is InChI=1S/C26H27N3O3S2/c1-4-13-32-21-10-11-22(18(2)15-21)24-19(17-29(27-24)20-8-6-5-7-9-20)16-23-25(30)28(12-14-31-3)26(33)34-23/h5-11,15-17H,4,12-14H2,1-3H3. The zero-order valence-electron chi connectivity index (χ0n) is 19.5. The van der Waals surface area contributed by atoms with Crippen molar-refractivity contribution in [3.05, 3.63) is 70.8 Å². The third kappa shape index (κ3) is 5.24. The maximum absolute atomic E-state index is 13.0. The molecule has 1 aliphatic rings. The number of aryl methyl sites for hydroxylation is 1. The molecule has 1 aromatic heterocycles. The number of hydrogen-bond acceptors (Lipinski definition) is 6. The molecule has 1 saturated heterocycles. The number of ether oxygens (including phenoxy) is 2. The van der Waals surface area contributed by atoms with Crippen molar-refractivity contribution < 1.29 is 14.3 Å². The molecule has 0 radical (unpaired) electrons. The van der Waals surface area contributed by atoms with Crippen molar-refractivity contribution in [1.29, 1.82) is 0 Å². The number of thioether (sulfide) groups is 1. The molecule has 8 heteroatoms. The van der Waals surface area contributed by atoms with Crippen LogP contribution in [0.4, 0.5) is 0 Å². The zero-order valence-corrected chi connectivity index (χ0v) is 21.1. The molecular weight excluding hydrogens is 466 g/mol. The first-order valence-electron chi connectivity index (χ1n) is 11.1. The summed E-state index contributed by atoms with van der Waals surface area (Å²) in [6.07, 6.45) is 4.79. The number of aromatic nitrogens is 2. The Morgan fingerprint density at radius 2 is 1.94 bits per heavy atom. The van der Waals surface area contributed by atoms with Gasteiger partial charge in [-0.2, -0.15) is 5.10 Å². The molecule has 0 N–H and O–H groups in total. The Hall–Kier alpha value is -2.94. The lowest BCUT2D eigenvalue weighted by molar-refractivity contribution is -0.122. The molecule has 0 unspecified atom stereocenters. The minimum atomic E-state index is -0.106. The van der Waals surface area contributed by atoms with Crippen LogP contribution in [0.1, 0.15) is 24.5 Å². The van der Waals surface area contributed by atoms with E-state index < -0.39 is 0 Å². The van der Waals surface area contributed by atoms with Gasteiger partial charge >= 0.3 is 0 Å². The second-order valence-electron chi connectivity index (χ2n) is 7.86. The lowest BCUT2D eigenvalue weighted by Crippen LogP contribution is -2.31. The van der Waals surface area contributed by atoms with Crippen LogP contribution in [0.3, 0.4) is 0 Å². The lowest BCUT2D eigenvalue weighted by atomic mass is 10.0. The van der Waals surface area contributed by atoms with Crippen LogP contribution in [-0.4, -0.2) is 51.8 Å². The molecule has 1 aliphatic heterocycles. The van der Waals surface area contributed by atoms with Gasteiger partial charge in [0.1, 0.15) is 15.8 Å². The topological polar surface area (TPSA) is 56.6 Å². The van der Waals surface area contributed by atoms with E-state index in [0.29, 0.717) is 29.0 Å². The molecular formula is C26H27N3O3S2. The van der Waals surface area contributed by atoms with Gasteiger partial charge in [-0.05, 0) is 55.3 Å². The second kappa shape index (κ2) is 11.0. The molecule has 34 heavy (non-hydrogen) atoms. The molecule has 0 spiro atoms. The van der Waals surface area contributed by atoms with Gasteiger partial charge in [-0.1, -0.05) is 49.1 Å². The monoisotopic (exact) mass is 493 g/mol. The van der Waals surface area contributed by atoms with Crippen LogP contribution in [-0.2, 0) is 9.53 Å². The summed E-state index contributed by atoms with van der Waals surface area (Å²) in [5, 5.41) is 4.90. The average Bonchev–Trinajstić information content (AvgIpc) is 3.37. The quantitative estimate of drug-likeness (QED) is 0.290. The van der Waals surface area contributed by atoms with Gasteiger partial charge in [0.15, 0.2) is 0 Å². The number of rotatable bonds is 9. The van der Waals surface area contributed by atoms with E-state index >= 15 is 0 Å². The Labute approximate surface area is 209 Å². The summed E-state index contributed by atoms with van der Waals surface area (Å²) >= 11 is 6.75. The number of para-hydroxylation sites is 1. The van der Waals surface area contributed by atoms with Crippen molar-refractivity contribution in [2.75, 3.05) is 26.9 Å². The van der Waals surface area contributed by atoms with E-state index in [2.05, 4.69) is 6.92 Å². The maximum Gasteiger partial charge on any atom is 0.266 e. The minimum absolute atomic E-state index is 0.106. The summed E-state index contributed by atoms with van der Waals surface area (Å²) in [4.78, 5) is 15.2. The van der Waals surface area contributed by atoms with Crippen LogP contribution >= 0.6 is 24.0 Å². The summed E-state index contributed by atoms with van der Waals surface area (Å²) in [6.45, 7) is 5.68. The molecule has 0 bridgehead atoms. The van der Waals surface area contributed by atoms with E-state index in [1.165, 1.54) is 11.8 Å². The molecule has 176 valence electrons. The first kappa shape index (κ1) is 24.2. The van der Waals surface area contributed by atoms with Crippen molar-refractivity contribution in [1.82, 2.24) is 14.7 Å². The highest BCUT2D eigenvalue weighted by molar-refractivity contribution is 8.26. The predicted octanol–water partition coefficient (Wildman–Crippen LogP) is 5.48. The number of methoxy groups -OCH3 is 1. The van der Waals surface area contributed by atoms with E-state index in [0.717, 1.165) is 40.2 Å². The van der Waals surface area contributed by atoms with Gasteiger partial charge in [0, 0.05) is 24.4 Å². The van der Waals surface area contributed by atoms with Crippen LogP contribution in [0.25, 0.3) is 23.0 Å². The van der Waals surface area contributed by atoms with Gasteiger partial charge in [0.25, 0.3) is 5.91 Å². The second-order valence-corrected chi connectivity index (χ2v) is 9.54. The van der Waals surface area contributed by atoms with Crippen LogP contribution in [0.5, 0.6) is 5.75 Å². The Morgan fingerprint density at radius 3 is 2.65 bits per heavy atom. The van der Waals surface area contributed by atoms with Crippen LogP contribution < -0.4 is 4.74 Å². The summed E-state index contributed by atoms with van der Waals surface area (Å²) in [7, 11) is 1.61. The van der Waals surface area contributed by atoms with E-state index in [1.807, 2.05) is 72.4 Å². The summed E-state index contributed by atoms with van der Waals surface area (Å²) < 4.78 is 13.3. The predicted molar refractivity (Wildman–Crippen MR) is 141 cm³/mol. The van der Waals surface area contributed by atoms with Gasteiger partial charge in [-0.25, -0.2) is 4.68 Å². The van der Waals surface area contributed by atoms with E-state index in [-0.39, 0.29) is 5.91 Å². The highest BCUT2D eigenvalue weighted by atomic mass is 32.2. The highest BCUT2D eigenvalue weighted by Gasteiger charge is 2.32. The number of hydrogen-bond donors (Lipinski definition) is 0. The van der Waals surface area contributed by atoms with Crippen molar-refractivity contribution in [2.45, 2.75) is 20.3 Å². The SMILES string of the molecule is CCCOc1ccc(-c2nn(-c3ccccc3)cc2C=C2SC(=S)N(CCOC)C2=O)c(C)c1. The minimum Gasteiger partial charge on any atom is -0.494 e. The maximum atomic E-state index is 13.0. The van der Waals surface area contributed by atoms with Crippen molar-refractivity contribution in [2.24, 2.45) is 0 Å². The van der Waals surface area contributed by atoms with E-state index in [9.17, 15) is 4.79 Å². The molecule has 0 aliphatic carbocycles. The largest absolute Gasteiger partial charge is 0.494 e. The Kier molecular flexibility index (Phi) is 7.82. The van der Waals surface area contributed by atoms with Gasteiger partial charge < -0.3 is 9.47 Å². The Morgan fingerprint density at radius 1 is 1.15 bits per heavy atom. The Balaban J connectivity index is 1.75. The molecule has 1 fully saturated rings. The molecule has 6 nitrogen and oxygen atoms in total. The Bertz CT molecular complexity index is 1220. The van der Waals surface area contributed by atoms with Crippen LogP contribution in [0, 0.1) is 6.92 Å². The molecule has 3 aromatic rings. The normalized spacial score (nSPS) is 14.9. The smallest absolute Gasteiger partial charge is 0.266 e. The fourth-order valence-electron chi connectivity index (χ4n) is 3.64. The lowest BCUT2D eigenvalue weighted by Gasteiger charge is -2.12. The number of carbonyl (C=O) groups is 1. The van der Waals surface area contributed by atoms with Crippen molar-refractivity contribution >= 4 is 40.3 Å². The van der Waals surface area contributed by atoms with Crippen molar-refractivity contribution in [3.8, 4) is 22.7 Å². The fraction of sp³-hybridized carbons (Fsp3) is 0.269.